The maximum absolute atomic E-state index is 12.5. The number of alkyl halides is 1. The summed E-state index contributed by atoms with van der Waals surface area (Å²) < 4.78 is -0.921. The summed E-state index contributed by atoms with van der Waals surface area (Å²) >= 11 is 7.30. The molecular weight excluding hydrogens is 352 g/mol. The molecule has 2 fully saturated rings. The smallest absolute Gasteiger partial charge is 0.352 e. The Labute approximate surface area is 148 Å². The molecule has 1 aromatic carbocycles. The summed E-state index contributed by atoms with van der Waals surface area (Å²) in [6.45, 7) is 3.40. The molecule has 0 aromatic heterocycles. The first-order valence-electron chi connectivity index (χ1n) is 7.44. The van der Waals surface area contributed by atoms with Crippen molar-refractivity contribution in [3.8, 4) is 0 Å². The Bertz CT molecular complexity index is 711. The summed E-state index contributed by atoms with van der Waals surface area (Å²) in [4.78, 5) is 37.9. The molecule has 2 aliphatic heterocycles. The highest BCUT2D eigenvalue weighted by atomic mass is 35.5. The van der Waals surface area contributed by atoms with Gasteiger partial charge in [0.15, 0.2) is 0 Å². The number of carbonyl (C=O) groups excluding carboxylic acids is 2. The fraction of sp³-hybridized carbons (Fsp3) is 0.438. The Hall–Kier alpha value is -1.73. The zero-order chi connectivity index (χ0) is 17.7. The largest absolute Gasteiger partial charge is 0.478 e. The first kappa shape index (κ1) is 17.1. The second-order valence-corrected chi connectivity index (χ2v) is 8.56. The lowest BCUT2D eigenvalue weighted by Gasteiger charge is -2.48. The number of benzene rings is 1. The van der Waals surface area contributed by atoms with E-state index in [1.165, 1.54) is 16.7 Å². The van der Waals surface area contributed by atoms with Crippen LogP contribution in [0.4, 0.5) is 0 Å². The number of hydrogen-bond donors (Lipinski definition) is 2. The van der Waals surface area contributed by atoms with Crippen molar-refractivity contribution in [2.24, 2.45) is 0 Å². The third-order valence-electron chi connectivity index (χ3n) is 4.46. The lowest BCUT2D eigenvalue weighted by Crippen LogP contribution is -2.77. The summed E-state index contributed by atoms with van der Waals surface area (Å²) in [6, 6.07) is 9.01. The topological polar surface area (TPSA) is 86.7 Å². The van der Waals surface area contributed by atoms with E-state index in [-0.39, 0.29) is 6.42 Å². The van der Waals surface area contributed by atoms with Gasteiger partial charge in [-0.1, -0.05) is 30.3 Å². The van der Waals surface area contributed by atoms with Gasteiger partial charge in [0.1, 0.15) is 10.8 Å². The number of hydrogen-bond acceptors (Lipinski definition) is 4. The van der Waals surface area contributed by atoms with Gasteiger partial charge in [-0.2, -0.15) is 0 Å². The van der Waals surface area contributed by atoms with Crippen LogP contribution in [-0.2, 0) is 20.8 Å². The predicted octanol–water partition coefficient (Wildman–Crippen LogP) is 1.43. The van der Waals surface area contributed by atoms with Crippen molar-refractivity contribution in [2.45, 2.75) is 41.4 Å². The number of carbonyl (C=O) groups is 3. The van der Waals surface area contributed by atoms with Crippen molar-refractivity contribution < 1.29 is 19.5 Å². The maximum atomic E-state index is 12.5. The Kier molecular flexibility index (Phi) is 4.04. The summed E-state index contributed by atoms with van der Waals surface area (Å²) in [7, 11) is 0. The molecule has 2 N–H and O–H groups in total. The van der Waals surface area contributed by atoms with E-state index in [1.54, 1.807) is 38.1 Å². The highest BCUT2D eigenvalue weighted by Crippen LogP contribution is 2.56. The van der Waals surface area contributed by atoms with Crippen molar-refractivity contribution in [1.82, 2.24) is 10.2 Å². The average molecular weight is 369 g/mol. The van der Waals surface area contributed by atoms with E-state index >= 15 is 0 Å². The molecule has 0 bridgehead atoms. The molecule has 8 heteroatoms. The second kappa shape index (κ2) is 5.67. The molecule has 2 amide bonds. The molecule has 3 atom stereocenters. The van der Waals surface area contributed by atoms with E-state index in [4.69, 9.17) is 11.6 Å². The number of β-lactam (4-membered cyclic amide) rings is 1. The lowest BCUT2D eigenvalue weighted by atomic mass is 9.89. The van der Waals surface area contributed by atoms with Crippen LogP contribution in [0.15, 0.2) is 30.3 Å². The Balaban J connectivity index is 1.90. The van der Waals surface area contributed by atoms with Crippen molar-refractivity contribution in [1.29, 1.82) is 0 Å². The minimum absolute atomic E-state index is 0.0353. The van der Waals surface area contributed by atoms with Gasteiger partial charge in [-0.05, 0) is 19.4 Å². The third-order valence-corrected chi connectivity index (χ3v) is 6.65. The molecule has 0 saturated carbocycles. The van der Waals surface area contributed by atoms with Crippen LogP contribution in [0.3, 0.4) is 0 Å². The van der Waals surface area contributed by atoms with Gasteiger partial charge in [-0.3, -0.25) is 14.5 Å². The van der Waals surface area contributed by atoms with Crippen molar-refractivity contribution in [3.63, 3.8) is 0 Å². The second-order valence-electron chi connectivity index (χ2n) is 6.35. The maximum Gasteiger partial charge on any atom is 0.352 e. The normalized spacial score (nSPS) is 30.5. The number of carboxylic acid groups (broad SMARTS) is 1. The van der Waals surface area contributed by atoms with Gasteiger partial charge < -0.3 is 10.4 Å². The molecule has 0 aliphatic carbocycles. The zero-order valence-electron chi connectivity index (χ0n) is 13.2. The first-order valence-corrected chi connectivity index (χ1v) is 8.76. The zero-order valence-corrected chi connectivity index (χ0v) is 14.7. The third kappa shape index (κ3) is 2.29. The first-order chi connectivity index (χ1) is 11.2. The fourth-order valence-electron chi connectivity index (χ4n) is 3.23. The number of rotatable bonds is 4. The SMILES string of the molecule is CC1(C)S[C@@H]2[C@H](Cl)C(=O)N2[C@@]1(NC(=O)Cc1ccccc1)C(=O)O. The van der Waals surface area contributed by atoms with Crippen molar-refractivity contribution in [2.75, 3.05) is 0 Å². The van der Waals surface area contributed by atoms with Gasteiger partial charge in [0, 0.05) is 0 Å². The van der Waals surface area contributed by atoms with E-state index in [2.05, 4.69) is 5.32 Å². The van der Waals surface area contributed by atoms with Crippen molar-refractivity contribution in [3.05, 3.63) is 35.9 Å². The van der Waals surface area contributed by atoms with E-state index in [1.807, 2.05) is 6.07 Å². The lowest BCUT2D eigenvalue weighted by molar-refractivity contribution is -0.172. The van der Waals surface area contributed by atoms with Gasteiger partial charge in [0.2, 0.25) is 17.5 Å². The van der Waals surface area contributed by atoms with Crippen LogP contribution in [-0.4, -0.2) is 49.0 Å². The van der Waals surface area contributed by atoms with Crippen LogP contribution in [0, 0.1) is 0 Å². The fourth-order valence-corrected chi connectivity index (χ4v) is 5.21. The quantitative estimate of drug-likeness (QED) is 0.620. The van der Waals surface area contributed by atoms with Gasteiger partial charge in [0.25, 0.3) is 0 Å². The van der Waals surface area contributed by atoms with Crippen LogP contribution >= 0.6 is 23.4 Å². The number of nitrogens with one attached hydrogen (secondary N) is 1. The number of fused-ring (bicyclic) bond motifs is 1. The Morgan fingerprint density at radius 1 is 1.33 bits per heavy atom. The number of halogens is 1. The summed E-state index contributed by atoms with van der Waals surface area (Å²) in [5.41, 5.74) is -1.04. The molecule has 0 spiro atoms. The Morgan fingerprint density at radius 2 is 1.96 bits per heavy atom. The van der Waals surface area contributed by atoms with E-state index in [0.29, 0.717) is 0 Å². The van der Waals surface area contributed by atoms with Gasteiger partial charge in [-0.15, -0.1) is 23.4 Å². The van der Waals surface area contributed by atoms with Crippen LogP contribution in [0.5, 0.6) is 0 Å². The number of carboxylic acids is 1. The molecule has 2 heterocycles. The van der Waals surface area contributed by atoms with Gasteiger partial charge in [-0.25, -0.2) is 4.79 Å². The molecule has 24 heavy (non-hydrogen) atoms. The van der Waals surface area contributed by atoms with Gasteiger partial charge in [0.05, 0.1) is 11.2 Å². The monoisotopic (exact) mass is 368 g/mol. The molecule has 3 rings (SSSR count). The average Bonchev–Trinajstić information content (AvgIpc) is 2.74. The predicted molar refractivity (Wildman–Crippen MR) is 90.6 cm³/mol. The molecule has 0 unspecified atom stereocenters. The van der Waals surface area contributed by atoms with Crippen LogP contribution in [0.25, 0.3) is 0 Å². The number of nitrogens with zero attached hydrogens (tertiary/aromatic N) is 1. The molecular formula is C16H17ClN2O4S. The number of aliphatic carboxylic acids is 1. The molecule has 6 nitrogen and oxygen atoms in total. The number of thioether (sulfide) groups is 1. The summed E-state index contributed by atoms with van der Waals surface area (Å²) in [6.07, 6.45) is 0.0353. The minimum Gasteiger partial charge on any atom is -0.478 e. The minimum atomic E-state index is -1.81. The summed E-state index contributed by atoms with van der Waals surface area (Å²) in [5, 5.41) is 11.3. The van der Waals surface area contributed by atoms with Crippen LogP contribution < -0.4 is 5.32 Å². The standard InChI is InChI=1S/C16H17ClN2O4S/c1-15(2)16(14(22)23,19-12(21)11(17)13(19)24-15)18-10(20)8-9-6-4-3-5-7-9/h3-7,11,13H,8H2,1-2H3,(H,18,20)(H,22,23)/t11-,13-,16+/m1/s1. The highest BCUT2D eigenvalue weighted by molar-refractivity contribution is 8.01. The summed E-state index contributed by atoms with van der Waals surface area (Å²) in [5.74, 6) is -2.19. The van der Waals surface area contributed by atoms with Gasteiger partial charge >= 0.3 is 5.97 Å². The van der Waals surface area contributed by atoms with E-state index in [9.17, 15) is 19.5 Å². The van der Waals surface area contributed by atoms with E-state index < -0.39 is 38.9 Å². The molecule has 0 radical (unpaired) electrons. The van der Waals surface area contributed by atoms with Crippen LogP contribution in [0.1, 0.15) is 19.4 Å². The molecule has 2 aliphatic rings. The number of amides is 2. The Morgan fingerprint density at radius 3 is 2.54 bits per heavy atom. The molecule has 2 saturated heterocycles. The van der Waals surface area contributed by atoms with E-state index in [0.717, 1.165) is 5.56 Å². The highest BCUT2D eigenvalue weighted by Gasteiger charge is 2.73. The molecule has 1 aromatic rings. The van der Waals surface area contributed by atoms with Crippen LogP contribution in [0.2, 0.25) is 0 Å². The molecule has 128 valence electrons. The van der Waals surface area contributed by atoms with Crippen molar-refractivity contribution >= 4 is 41.1 Å².